The smallest absolute Gasteiger partial charge is 0.744 e. The molecule has 0 radical (unpaired) electrons. The number of para-hydroxylation sites is 1. The minimum atomic E-state index is -4.77. The van der Waals surface area contributed by atoms with Gasteiger partial charge in [0.05, 0.1) is 26.3 Å². The molecule has 0 amide bonds. The first-order valence-electron chi connectivity index (χ1n) is 10.2. The Morgan fingerprint density at radius 3 is 2.29 bits per heavy atom. The molecule has 192 valence electrons. The second-order valence-corrected chi connectivity index (χ2v) is 11.1. The zero-order valence-electron chi connectivity index (χ0n) is 19.7. The third-order valence-corrected chi connectivity index (χ3v) is 7.67. The van der Waals surface area contributed by atoms with Gasteiger partial charge in [0.25, 0.3) is 0 Å². The van der Waals surface area contributed by atoms with Crippen molar-refractivity contribution in [2.75, 3.05) is 5.73 Å². The normalized spacial score (nSPS) is 11.9. The Morgan fingerprint density at radius 2 is 1.61 bits per heavy atom. The van der Waals surface area contributed by atoms with Crippen molar-refractivity contribution in [2.45, 2.75) is 16.7 Å². The maximum atomic E-state index is 12.9. The molecule has 1 heterocycles. The fourth-order valence-corrected chi connectivity index (χ4v) is 5.17. The topological polar surface area (TPSA) is 169 Å². The molecule has 0 fully saturated rings. The van der Waals surface area contributed by atoms with E-state index in [1.54, 1.807) is 25.1 Å². The summed E-state index contributed by atoms with van der Waals surface area (Å²) in [5.74, 6) is -0.146. The molecule has 0 saturated heterocycles. The van der Waals surface area contributed by atoms with Crippen LogP contribution in [0.3, 0.4) is 0 Å². The Kier molecular flexibility index (Phi) is 9.27. The largest absolute Gasteiger partial charge is 1.00 e. The summed E-state index contributed by atoms with van der Waals surface area (Å²) in [4.78, 5) is -0.807. The van der Waals surface area contributed by atoms with E-state index in [0.717, 1.165) is 16.8 Å². The van der Waals surface area contributed by atoms with Gasteiger partial charge in [0.15, 0.2) is 17.3 Å². The van der Waals surface area contributed by atoms with E-state index >= 15 is 0 Å². The number of hydrogen-bond donors (Lipinski definition) is 1. The SMILES string of the molecule is Cc1nn(-c2cc(S(=O)(=O)[O-])ccc2Cl)c(N)c1N=Nc1ccccc1S(=O)(=O)Oc1ccccc1Cl.[Na+]. The molecular formula is C22H16Cl2N5NaO6S2. The molecule has 0 atom stereocenters. The van der Waals surface area contributed by atoms with Crippen molar-refractivity contribution in [1.82, 2.24) is 9.78 Å². The van der Waals surface area contributed by atoms with Crippen LogP contribution < -0.4 is 39.5 Å². The zero-order valence-corrected chi connectivity index (χ0v) is 24.9. The number of aromatic nitrogens is 2. The Bertz CT molecular complexity index is 1760. The summed E-state index contributed by atoms with van der Waals surface area (Å²) in [6, 6.07) is 15.1. The van der Waals surface area contributed by atoms with Crippen LogP contribution in [-0.4, -0.2) is 31.2 Å². The molecule has 2 N–H and O–H groups in total. The second-order valence-electron chi connectivity index (χ2n) is 7.43. The summed E-state index contributed by atoms with van der Waals surface area (Å²) in [6.45, 7) is 1.55. The molecular weight excluding hydrogens is 588 g/mol. The van der Waals surface area contributed by atoms with Gasteiger partial charge in [0, 0.05) is 0 Å². The van der Waals surface area contributed by atoms with Crippen molar-refractivity contribution < 1.29 is 55.1 Å². The van der Waals surface area contributed by atoms with Crippen LogP contribution in [0, 0.1) is 6.92 Å². The average molecular weight is 604 g/mol. The molecule has 38 heavy (non-hydrogen) atoms. The van der Waals surface area contributed by atoms with E-state index in [-0.39, 0.29) is 78.8 Å². The Hall–Kier alpha value is -2.49. The molecule has 0 aliphatic heterocycles. The first-order valence-corrected chi connectivity index (χ1v) is 13.8. The number of halogens is 2. The first kappa shape index (κ1) is 30.1. The fourth-order valence-electron chi connectivity index (χ4n) is 3.18. The minimum absolute atomic E-state index is 0. The quantitative estimate of drug-likeness (QED) is 0.145. The zero-order chi connectivity index (χ0) is 27.0. The minimum Gasteiger partial charge on any atom is -0.744 e. The van der Waals surface area contributed by atoms with Gasteiger partial charge in [0.1, 0.15) is 20.7 Å². The van der Waals surface area contributed by atoms with Crippen LogP contribution in [0.15, 0.2) is 86.7 Å². The van der Waals surface area contributed by atoms with Crippen LogP contribution in [0.5, 0.6) is 5.75 Å². The van der Waals surface area contributed by atoms with E-state index in [1.807, 2.05) is 0 Å². The molecule has 11 nitrogen and oxygen atoms in total. The van der Waals surface area contributed by atoms with Gasteiger partial charge in [-0.1, -0.05) is 47.5 Å². The number of azo groups is 1. The van der Waals surface area contributed by atoms with Gasteiger partial charge in [-0.25, -0.2) is 13.1 Å². The fraction of sp³-hybridized carbons (Fsp3) is 0.0455. The van der Waals surface area contributed by atoms with Crippen molar-refractivity contribution in [3.05, 3.63) is 82.5 Å². The summed E-state index contributed by atoms with van der Waals surface area (Å²) < 4.78 is 66.5. The van der Waals surface area contributed by atoms with E-state index in [4.69, 9.17) is 33.1 Å². The van der Waals surface area contributed by atoms with Gasteiger partial charge in [0.2, 0.25) is 0 Å². The van der Waals surface area contributed by atoms with E-state index < -0.39 is 25.1 Å². The van der Waals surface area contributed by atoms with Crippen LogP contribution in [0.1, 0.15) is 5.69 Å². The molecule has 0 spiro atoms. The summed E-state index contributed by atoms with van der Waals surface area (Å²) >= 11 is 12.2. The van der Waals surface area contributed by atoms with E-state index in [1.165, 1.54) is 36.4 Å². The van der Waals surface area contributed by atoms with Gasteiger partial charge in [-0.3, -0.25) is 0 Å². The van der Waals surface area contributed by atoms with Gasteiger partial charge in [-0.15, -0.1) is 10.2 Å². The van der Waals surface area contributed by atoms with Crippen molar-refractivity contribution in [2.24, 2.45) is 10.2 Å². The molecule has 4 rings (SSSR count). The van der Waals surface area contributed by atoms with Gasteiger partial charge in [-0.2, -0.15) is 13.5 Å². The maximum absolute atomic E-state index is 12.9. The van der Waals surface area contributed by atoms with Crippen molar-refractivity contribution in [3.63, 3.8) is 0 Å². The van der Waals surface area contributed by atoms with Gasteiger partial charge in [-0.05, 0) is 49.4 Å². The summed E-state index contributed by atoms with van der Waals surface area (Å²) in [5, 5.41) is 12.5. The van der Waals surface area contributed by atoms with Crippen molar-refractivity contribution in [3.8, 4) is 11.4 Å². The monoisotopic (exact) mass is 603 g/mol. The predicted molar refractivity (Wildman–Crippen MR) is 136 cm³/mol. The Balaban J connectivity index is 0.00000400. The number of rotatable bonds is 7. The molecule has 1 aromatic heterocycles. The maximum Gasteiger partial charge on any atom is 1.00 e. The number of nitrogen functional groups attached to an aromatic ring is 1. The number of nitrogens with zero attached hydrogens (tertiary/aromatic N) is 4. The number of hydrogen-bond acceptors (Lipinski definition) is 10. The number of anilines is 1. The average Bonchev–Trinajstić information content (AvgIpc) is 3.11. The molecule has 0 bridgehead atoms. The molecule has 0 unspecified atom stereocenters. The molecule has 0 saturated carbocycles. The van der Waals surface area contributed by atoms with Crippen LogP contribution in [-0.2, 0) is 20.2 Å². The van der Waals surface area contributed by atoms with Gasteiger partial charge >= 0.3 is 39.7 Å². The molecule has 16 heteroatoms. The third-order valence-electron chi connectivity index (χ3n) is 4.93. The Labute approximate surface area is 250 Å². The van der Waals surface area contributed by atoms with E-state index in [9.17, 15) is 21.4 Å². The van der Waals surface area contributed by atoms with Crippen LogP contribution in [0.2, 0.25) is 10.0 Å². The standard InChI is InChI=1S/C22H17Cl2N5O6S2.Na/c1-13-21(22(25)29(28-13)18-12-14(36(30,31)32)10-11-15(18)23)27-26-17-7-3-5-9-20(17)37(33,34)35-19-8-4-2-6-16(19)24;/h2-12H,25H2,1H3,(H,30,31,32);/q;+1/p-1. The van der Waals surface area contributed by atoms with Crippen molar-refractivity contribution >= 4 is 60.6 Å². The van der Waals surface area contributed by atoms with Gasteiger partial charge < -0.3 is 14.5 Å². The predicted octanol–water partition coefficient (Wildman–Crippen LogP) is 2.16. The number of benzene rings is 3. The van der Waals surface area contributed by atoms with E-state index in [2.05, 4.69) is 15.3 Å². The molecule has 0 aliphatic rings. The van der Waals surface area contributed by atoms with Crippen LogP contribution in [0.4, 0.5) is 17.2 Å². The summed E-state index contributed by atoms with van der Waals surface area (Å²) in [5.41, 5.74) is 6.47. The second kappa shape index (κ2) is 11.7. The van der Waals surface area contributed by atoms with E-state index in [0.29, 0.717) is 0 Å². The number of nitrogens with two attached hydrogens (primary N) is 1. The Morgan fingerprint density at radius 1 is 0.947 bits per heavy atom. The molecule has 3 aromatic carbocycles. The number of aryl methyl sites for hydroxylation is 1. The molecule has 4 aromatic rings. The first-order chi connectivity index (χ1) is 17.4. The molecule has 0 aliphatic carbocycles. The van der Waals surface area contributed by atoms with Crippen LogP contribution in [0.25, 0.3) is 5.69 Å². The summed E-state index contributed by atoms with van der Waals surface area (Å²) in [7, 11) is -9.11. The summed E-state index contributed by atoms with van der Waals surface area (Å²) in [6.07, 6.45) is 0. The van der Waals surface area contributed by atoms with Crippen molar-refractivity contribution in [1.29, 1.82) is 0 Å². The third kappa shape index (κ3) is 6.38. The van der Waals surface area contributed by atoms with Crippen LogP contribution >= 0.6 is 23.2 Å².